The van der Waals surface area contributed by atoms with E-state index in [4.69, 9.17) is 0 Å². The molecule has 1 saturated heterocycles. The molecular formula is C15H21Cl2N3OS. The molecule has 1 aliphatic heterocycles. The van der Waals surface area contributed by atoms with Crippen molar-refractivity contribution in [3.05, 3.63) is 29.3 Å². The molecule has 1 unspecified atom stereocenters. The molecule has 3 rings (SSSR count). The lowest BCUT2D eigenvalue weighted by atomic mass is 9.88. The van der Waals surface area contributed by atoms with Gasteiger partial charge in [-0.1, -0.05) is 12.1 Å². The Bertz CT molecular complexity index is 608. The number of nitrogens with one attached hydrogen (secondary N) is 1. The summed E-state index contributed by atoms with van der Waals surface area (Å²) in [5, 5.41) is 4.27. The van der Waals surface area contributed by atoms with Gasteiger partial charge in [-0.3, -0.25) is 4.79 Å². The van der Waals surface area contributed by atoms with Crippen LogP contribution < -0.4 is 5.32 Å². The van der Waals surface area contributed by atoms with Gasteiger partial charge >= 0.3 is 0 Å². The lowest BCUT2D eigenvalue weighted by Gasteiger charge is -2.27. The van der Waals surface area contributed by atoms with Crippen LogP contribution in [0.15, 0.2) is 24.3 Å². The topological polar surface area (TPSA) is 45.2 Å². The summed E-state index contributed by atoms with van der Waals surface area (Å²) >= 11 is 1.66. The molecule has 2 aromatic rings. The minimum Gasteiger partial charge on any atom is -0.338 e. The van der Waals surface area contributed by atoms with Crippen molar-refractivity contribution in [2.45, 2.75) is 19.9 Å². The molecule has 2 heterocycles. The fraction of sp³-hybridized carbons (Fsp3) is 0.467. The highest BCUT2D eigenvalue weighted by molar-refractivity contribution is 7.18. The van der Waals surface area contributed by atoms with Crippen LogP contribution >= 0.6 is 36.2 Å². The summed E-state index contributed by atoms with van der Waals surface area (Å²) in [5.41, 5.74) is 0.757. The van der Waals surface area contributed by atoms with E-state index in [0.29, 0.717) is 6.54 Å². The monoisotopic (exact) mass is 361 g/mol. The molecule has 1 atom stereocenters. The Kier molecular flexibility index (Phi) is 6.62. The summed E-state index contributed by atoms with van der Waals surface area (Å²) in [6, 6.07) is 8.09. The fourth-order valence-electron chi connectivity index (χ4n) is 2.72. The molecule has 0 aliphatic carbocycles. The van der Waals surface area contributed by atoms with E-state index in [1.165, 1.54) is 4.70 Å². The van der Waals surface area contributed by atoms with Gasteiger partial charge in [0.15, 0.2) is 0 Å². The molecule has 22 heavy (non-hydrogen) atoms. The van der Waals surface area contributed by atoms with E-state index in [0.717, 1.165) is 30.0 Å². The number of hydrogen-bond acceptors (Lipinski definition) is 4. The van der Waals surface area contributed by atoms with E-state index in [1.54, 1.807) is 11.3 Å². The summed E-state index contributed by atoms with van der Waals surface area (Å²) in [6.07, 6.45) is 0.913. The zero-order valence-electron chi connectivity index (χ0n) is 12.7. The number of benzene rings is 1. The third kappa shape index (κ3) is 3.71. The molecule has 7 heteroatoms. The summed E-state index contributed by atoms with van der Waals surface area (Å²) in [6.45, 7) is 4.34. The van der Waals surface area contributed by atoms with Gasteiger partial charge in [0.2, 0.25) is 5.91 Å². The smallest absolute Gasteiger partial charge is 0.229 e. The van der Waals surface area contributed by atoms with E-state index in [-0.39, 0.29) is 36.1 Å². The summed E-state index contributed by atoms with van der Waals surface area (Å²) in [4.78, 5) is 19.0. The van der Waals surface area contributed by atoms with E-state index in [9.17, 15) is 4.79 Å². The minimum atomic E-state index is -0.258. The molecular weight excluding hydrogens is 341 g/mol. The molecule has 1 aromatic heterocycles. The van der Waals surface area contributed by atoms with Crippen molar-refractivity contribution in [3.63, 3.8) is 0 Å². The summed E-state index contributed by atoms with van der Waals surface area (Å²) in [7, 11) is 1.87. The van der Waals surface area contributed by atoms with Crippen LogP contribution in [0.4, 0.5) is 0 Å². The number of thiazole rings is 1. The average molecular weight is 362 g/mol. The van der Waals surface area contributed by atoms with Crippen molar-refractivity contribution >= 4 is 52.3 Å². The molecule has 0 radical (unpaired) electrons. The third-order valence-corrected chi connectivity index (χ3v) is 4.96. The Labute approximate surface area is 147 Å². The second kappa shape index (κ2) is 7.59. The Balaban J connectivity index is 0.00000121. The van der Waals surface area contributed by atoms with Gasteiger partial charge < -0.3 is 10.2 Å². The molecule has 122 valence electrons. The van der Waals surface area contributed by atoms with E-state index in [1.807, 2.05) is 37.1 Å². The van der Waals surface area contributed by atoms with Crippen LogP contribution in [0.1, 0.15) is 18.4 Å². The fourth-order valence-corrected chi connectivity index (χ4v) is 3.74. The number of rotatable bonds is 3. The zero-order chi connectivity index (χ0) is 14.2. The van der Waals surface area contributed by atoms with Crippen LogP contribution in [0.5, 0.6) is 0 Å². The summed E-state index contributed by atoms with van der Waals surface area (Å²) < 4.78 is 1.18. The van der Waals surface area contributed by atoms with Crippen LogP contribution in [0.3, 0.4) is 0 Å². The second-order valence-electron chi connectivity index (χ2n) is 5.72. The standard InChI is InChI=1S/C15H19N3OS.2ClH/c1-15(7-8-16-10-15)14(19)18(2)9-13-17-11-5-3-4-6-12(11)20-13;;/h3-6,16H,7-10H2,1-2H3;2*1H. The van der Waals surface area contributed by atoms with E-state index >= 15 is 0 Å². The molecule has 0 bridgehead atoms. The number of carbonyl (C=O) groups is 1. The van der Waals surface area contributed by atoms with Crippen molar-refractivity contribution in [2.24, 2.45) is 5.41 Å². The lowest BCUT2D eigenvalue weighted by molar-refractivity contribution is -0.139. The van der Waals surface area contributed by atoms with Crippen LogP contribution in [-0.4, -0.2) is 35.9 Å². The van der Waals surface area contributed by atoms with Gasteiger partial charge in [0.1, 0.15) is 5.01 Å². The SMILES string of the molecule is CN(Cc1nc2ccccc2s1)C(=O)C1(C)CCNC1.Cl.Cl. The number of fused-ring (bicyclic) bond motifs is 1. The van der Waals surface area contributed by atoms with Crippen LogP contribution in [0, 0.1) is 5.41 Å². The molecule has 0 spiro atoms. The van der Waals surface area contributed by atoms with Gasteiger partial charge in [-0.2, -0.15) is 0 Å². The molecule has 1 N–H and O–H groups in total. The molecule has 1 aromatic carbocycles. The molecule has 1 aliphatic rings. The normalized spacial score (nSPS) is 20.3. The maximum absolute atomic E-state index is 12.5. The minimum absolute atomic E-state index is 0. The maximum Gasteiger partial charge on any atom is 0.229 e. The second-order valence-corrected chi connectivity index (χ2v) is 6.84. The molecule has 0 saturated carbocycles. The highest BCUT2D eigenvalue weighted by Crippen LogP contribution is 2.28. The van der Waals surface area contributed by atoms with Gasteiger partial charge in [0.25, 0.3) is 0 Å². The van der Waals surface area contributed by atoms with Gasteiger partial charge in [0.05, 0.1) is 22.2 Å². The first-order chi connectivity index (χ1) is 9.58. The maximum atomic E-state index is 12.5. The Morgan fingerprint density at radius 2 is 2.14 bits per heavy atom. The van der Waals surface area contributed by atoms with Crippen LogP contribution in [-0.2, 0) is 11.3 Å². The average Bonchev–Trinajstić information content (AvgIpc) is 3.04. The number of hydrogen-bond donors (Lipinski definition) is 1. The highest BCUT2D eigenvalue weighted by atomic mass is 35.5. The van der Waals surface area contributed by atoms with Gasteiger partial charge in [-0.15, -0.1) is 36.2 Å². The van der Waals surface area contributed by atoms with Crippen molar-refractivity contribution in [2.75, 3.05) is 20.1 Å². The first-order valence-electron chi connectivity index (χ1n) is 6.89. The number of amides is 1. The van der Waals surface area contributed by atoms with Gasteiger partial charge in [0, 0.05) is 13.6 Å². The van der Waals surface area contributed by atoms with Crippen LogP contribution in [0.25, 0.3) is 10.2 Å². The number of aromatic nitrogens is 1. The Morgan fingerprint density at radius 1 is 1.41 bits per heavy atom. The van der Waals surface area contributed by atoms with Crippen molar-refractivity contribution < 1.29 is 4.79 Å². The quantitative estimate of drug-likeness (QED) is 0.913. The van der Waals surface area contributed by atoms with E-state index in [2.05, 4.69) is 16.4 Å². The number of halogens is 2. The molecule has 1 amide bonds. The largest absolute Gasteiger partial charge is 0.338 e. The zero-order valence-corrected chi connectivity index (χ0v) is 15.1. The first kappa shape index (κ1) is 19.2. The Hall–Kier alpha value is -0.880. The van der Waals surface area contributed by atoms with E-state index < -0.39 is 0 Å². The lowest BCUT2D eigenvalue weighted by Crippen LogP contribution is -2.41. The number of nitrogens with zero attached hydrogens (tertiary/aromatic N) is 2. The summed E-state index contributed by atoms with van der Waals surface area (Å²) in [5.74, 6) is 0.210. The first-order valence-corrected chi connectivity index (χ1v) is 7.71. The third-order valence-electron chi connectivity index (χ3n) is 3.94. The molecule has 1 fully saturated rings. The van der Waals surface area contributed by atoms with Gasteiger partial charge in [-0.25, -0.2) is 4.98 Å². The predicted molar refractivity (Wildman–Crippen MR) is 96.2 cm³/mol. The van der Waals surface area contributed by atoms with Crippen molar-refractivity contribution in [3.8, 4) is 0 Å². The highest BCUT2D eigenvalue weighted by Gasteiger charge is 2.38. The van der Waals surface area contributed by atoms with Gasteiger partial charge in [-0.05, 0) is 32.0 Å². The molecule has 4 nitrogen and oxygen atoms in total. The number of carbonyl (C=O) groups excluding carboxylic acids is 1. The van der Waals surface area contributed by atoms with Crippen molar-refractivity contribution in [1.29, 1.82) is 0 Å². The predicted octanol–water partition coefficient (Wildman–Crippen LogP) is 3.10. The number of para-hydroxylation sites is 1. The van der Waals surface area contributed by atoms with Crippen LogP contribution in [0.2, 0.25) is 0 Å². The van der Waals surface area contributed by atoms with Crippen molar-refractivity contribution in [1.82, 2.24) is 15.2 Å². The Morgan fingerprint density at radius 3 is 2.77 bits per heavy atom.